The van der Waals surface area contributed by atoms with Gasteiger partial charge in [0.1, 0.15) is 0 Å². The predicted molar refractivity (Wildman–Crippen MR) is 80.1 cm³/mol. The van der Waals surface area contributed by atoms with Crippen molar-refractivity contribution in [3.05, 3.63) is 35.9 Å². The van der Waals surface area contributed by atoms with E-state index in [0.29, 0.717) is 6.04 Å². The standard InChI is InChI=1S/C17H27NO/c1-3-4-8-15-11-12-18(14(15)2)17(13-19)16-9-6-5-7-10-16/h5-7,9-10,14-15,17,19H,3-4,8,11-13H2,1-2H3/t14-,15-,17-/m1/s1. The maximum Gasteiger partial charge on any atom is 0.0628 e. The van der Waals surface area contributed by atoms with Gasteiger partial charge in [-0.2, -0.15) is 0 Å². The monoisotopic (exact) mass is 261 g/mol. The van der Waals surface area contributed by atoms with Gasteiger partial charge in [-0.15, -0.1) is 0 Å². The number of likely N-dealkylation sites (tertiary alicyclic amines) is 1. The van der Waals surface area contributed by atoms with Gasteiger partial charge in [0.05, 0.1) is 12.6 Å². The van der Waals surface area contributed by atoms with E-state index in [4.69, 9.17) is 0 Å². The molecule has 1 aromatic rings. The van der Waals surface area contributed by atoms with E-state index in [-0.39, 0.29) is 12.6 Å². The van der Waals surface area contributed by atoms with Crippen molar-refractivity contribution in [2.24, 2.45) is 5.92 Å². The lowest BCUT2D eigenvalue weighted by Gasteiger charge is -2.32. The molecule has 0 spiro atoms. The Labute approximate surface area is 117 Å². The highest BCUT2D eigenvalue weighted by molar-refractivity contribution is 5.19. The van der Waals surface area contributed by atoms with Crippen molar-refractivity contribution in [3.63, 3.8) is 0 Å². The van der Waals surface area contributed by atoms with E-state index in [1.807, 2.05) is 6.07 Å². The van der Waals surface area contributed by atoms with Gasteiger partial charge in [-0.05, 0) is 37.8 Å². The highest BCUT2D eigenvalue weighted by atomic mass is 16.3. The second-order valence-corrected chi connectivity index (χ2v) is 5.78. The van der Waals surface area contributed by atoms with Gasteiger partial charge in [0.15, 0.2) is 0 Å². The minimum atomic E-state index is 0.169. The Bertz CT molecular complexity index is 365. The summed E-state index contributed by atoms with van der Waals surface area (Å²) < 4.78 is 0. The maximum absolute atomic E-state index is 9.78. The van der Waals surface area contributed by atoms with Crippen LogP contribution in [0.1, 0.15) is 51.1 Å². The van der Waals surface area contributed by atoms with Crippen molar-refractivity contribution in [2.75, 3.05) is 13.2 Å². The lowest BCUT2D eigenvalue weighted by atomic mass is 9.94. The highest BCUT2D eigenvalue weighted by Gasteiger charge is 2.34. The first-order valence-corrected chi connectivity index (χ1v) is 7.69. The second kappa shape index (κ2) is 7.06. The van der Waals surface area contributed by atoms with Crippen LogP contribution < -0.4 is 0 Å². The van der Waals surface area contributed by atoms with Crippen LogP contribution in [0, 0.1) is 5.92 Å². The molecule has 2 nitrogen and oxygen atoms in total. The summed E-state index contributed by atoms with van der Waals surface area (Å²) in [4.78, 5) is 2.50. The van der Waals surface area contributed by atoms with Gasteiger partial charge in [-0.3, -0.25) is 4.90 Å². The number of nitrogens with zero attached hydrogens (tertiary/aromatic N) is 1. The van der Waals surface area contributed by atoms with Crippen molar-refractivity contribution in [1.82, 2.24) is 4.90 Å². The van der Waals surface area contributed by atoms with Crippen LogP contribution >= 0.6 is 0 Å². The summed E-state index contributed by atoms with van der Waals surface area (Å²) >= 11 is 0. The molecule has 1 aliphatic heterocycles. The molecule has 0 aliphatic carbocycles. The first-order chi connectivity index (χ1) is 9.27. The number of hydrogen-bond acceptors (Lipinski definition) is 2. The van der Waals surface area contributed by atoms with E-state index in [1.165, 1.54) is 31.2 Å². The van der Waals surface area contributed by atoms with Crippen molar-refractivity contribution in [3.8, 4) is 0 Å². The molecule has 1 saturated heterocycles. The second-order valence-electron chi connectivity index (χ2n) is 5.78. The Kier molecular flexibility index (Phi) is 5.41. The third-order valence-electron chi connectivity index (χ3n) is 4.65. The van der Waals surface area contributed by atoms with Crippen LogP contribution in [0.5, 0.6) is 0 Å². The van der Waals surface area contributed by atoms with E-state index in [9.17, 15) is 5.11 Å². The third kappa shape index (κ3) is 3.37. The molecule has 2 rings (SSSR count). The summed E-state index contributed by atoms with van der Waals surface area (Å²) in [6, 6.07) is 11.2. The van der Waals surface area contributed by atoms with Gasteiger partial charge in [-0.1, -0.05) is 50.1 Å². The molecule has 0 bridgehead atoms. The van der Waals surface area contributed by atoms with Gasteiger partial charge < -0.3 is 5.11 Å². The third-order valence-corrected chi connectivity index (χ3v) is 4.65. The first-order valence-electron chi connectivity index (χ1n) is 7.69. The summed E-state index contributed by atoms with van der Waals surface area (Å²) in [6.45, 7) is 5.93. The molecule has 0 unspecified atom stereocenters. The zero-order valence-corrected chi connectivity index (χ0v) is 12.3. The number of hydrogen-bond donors (Lipinski definition) is 1. The van der Waals surface area contributed by atoms with E-state index in [2.05, 4.69) is 43.0 Å². The molecule has 1 aromatic carbocycles. The van der Waals surface area contributed by atoms with Crippen molar-refractivity contribution >= 4 is 0 Å². The van der Waals surface area contributed by atoms with Crippen LogP contribution in [0.2, 0.25) is 0 Å². The Hall–Kier alpha value is -0.860. The van der Waals surface area contributed by atoms with E-state index in [1.54, 1.807) is 0 Å². The molecule has 1 aliphatic rings. The Balaban J connectivity index is 2.04. The smallest absolute Gasteiger partial charge is 0.0628 e. The quantitative estimate of drug-likeness (QED) is 0.845. The van der Waals surface area contributed by atoms with Crippen LogP contribution in [-0.4, -0.2) is 29.2 Å². The minimum Gasteiger partial charge on any atom is -0.394 e. The molecule has 0 saturated carbocycles. The Morgan fingerprint density at radius 1 is 1.32 bits per heavy atom. The zero-order valence-electron chi connectivity index (χ0n) is 12.3. The lowest BCUT2D eigenvalue weighted by Crippen LogP contribution is -2.35. The van der Waals surface area contributed by atoms with Crippen molar-refractivity contribution < 1.29 is 5.11 Å². The number of rotatable bonds is 6. The highest BCUT2D eigenvalue weighted by Crippen LogP contribution is 2.34. The molecule has 1 N–H and O–H groups in total. The summed E-state index contributed by atoms with van der Waals surface area (Å²) in [5.74, 6) is 0.803. The van der Waals surface area contributed by atoms with Gasteiger partial charge in [0, 0.05) is 6.04 Å². The van der Waals surface area contributed by atoms with Gasteiger partial charge >= 0.3 is 0 Å². The van der Waals surface area contributed by atoms with Crippen LogP contribution in [0.15, 0.2) is 30.3 Å². The summed E-state index contributed by atoms with van der Waals surface area (Å²) in [7, 11) is 0. The largest absolute Gasteiger partial charge is 0.394 e. The Morgan fingerprint density at radius 3 is 2.68 bits per heavy atom. The summed E-state index contributed by atoms with van der Waals surface area (Å²) in [5, 5.41) is 9.78. The Morgan fingerprint density at radius 2 is 2.05 bits per heavy atom. The van der Waals surface area contributed by atoms with Gasteiger partial charge in [0.25, 0.3) is 0 Å². The molecular weight excluding hydrogens is 234 g/mol. The SMILES string of the molecule is CCCC[C@@H]1CCN([C@H](CO)c2ccccc2)[C@@H]1C. The first kappa shape index (κ1) is 14.5. The summed E-state index contributed by atoms with van der Waals surface area (Å²) in [6.07, 6.45) is 5.23. The molecule has 0 amide bonds. The molecule has 2 heteroatoms. The van der Waals surface area contributed by atoms with E-state index < -0.39 is 0 Å². The maximum atomic E-state index is 9.78. The molecule has 19 heavy (non-hydrogen) atoms. The molecule has 0 aromatic heterocycles. The lowest BCUT2D eigenvalue weighted by molar-refractivity contribution is 0.108. The number of unbranched alkanes of at least 4 members (excludes halogenated alkanes) is 1. The topological polar surface area (TPSA) is 23.5 Å². The van der Waals surface area contributed by atoms with Crippen LogP contribution in [-0.2, 0) is 0 Å². The zero-order chi connectivity index (χ0) is 13.7. The fraction of sp³-hybridized carbons (Fsp3) is 0.647. The van der Waals surface area contributed by atoms with Crippen LogP contribution in [0.25, 0.3) is 0 Å². The normalized spacial score (nSPS) is 25.6. The van der Waals surface area contributed by atoms with Crippen LogP contribution in [0.4, 0.5) is 0 Å². The average molecular weight is 261 g/mol. The fourth-order valence-electron chi connectivity index (χ4n) is 3.40. The van der Waals surface area contributed by atoms with Crippen molar-refractivity contribution in [2.45, 2.75) is 51.6 Å². The fourth-order valence-corrected chi connectivity index (χ4v) is 3.40. The van der Waals surface area contributed by atoms with E-state index >= 15 is 0 Å². The minimum absolute atomic E-state index is 0.169. The average Bonchev–Trinajstić information content (AvgIpc) is 2.80. The van der Waals surface area contributed by atoms with Crippen LogP contribution in [0.3, 0.4) is 0 Å². The molecule has 106 valence electrons. The number of aliphatic hydroxyl groups excluding tert-OH is 1. The van der Waals surface area contributed by atoms with E-state index in [0.717, 1.165) is 12.5 Å². The van der Waals surface area contributed by atoms with Gasteiger partial charge in [-0.25, -0.2) is 0 Å². The molecular formula is C17H27NO. The predicted octanol–water partition coefficient (Wildman–Crippen LogP) is 3.62. The molecule has 0 radical (unpaired) electrons. The molecule has 1 fully saturated rings. The number of aliphatic hydroxyl groups is 1. The summed E-state index contributed by atoms with van der Waals surface area (Å²) in [5.41, 5.74) is 1.24. The number of benzene rings is 1. The van der Waals surface area contributed by atoms with Gasteiger partial charge in [0.2, 0.25) is 0 Å². The molecule has 3 atom stereocenters. The van der Waals surface area contributed by atoms with Crippen molar-refractivity contribution in [1.29, 1.82) is 0 Å². The molecule has 1 heterocycles.